The molecule has 3 N–H and O–H groups in total. The van der Waals surface area contributed by atoms with Crippen molar-refractivity contribution in [1.82, 2.24) is 30.2 Å². The van der Waals surface area contributed by atoms with E-state index in [0.717, 1.165) is 109 Å². The number of ketones is 1. The molecule has 0 atom stereocenters. The lowest BCUT2D eigenvalue weighted by Crippen LogP contribution is -2.34. The molecule has 5 heterocycles. The van der Waals surface area contributed by atoms with Crippen LogP contribution in [0.15, 0.2) is 37.4 Å². The van der Waals surface area contributed by atoms with Gasteiger partial charge in [0.1, 0.15) is 5.78 Å². The van der Waals surface area contributed by atoms with Gasteiger partial charge in [-0.25, -0.2) is 9.97 Å². The van der Waals surface area contributed by atoms with Gasteiger partial charge in [-0.1, -0.05) is 39.2 Å². The number of carbonyl (C=O) groups excluding carboxylic acids is 2. The van der Waals surface area contributed by atoms with Gasteiger partial charge in [-0.15, -0.1) is 0 Å². The minimum Gasteiger partial charge on any atom is -0.355 e. The van der Waals surface area contributed by atoms with Crippen LogP contribution in [0.5, 0.6) is 0 Å². The first kappa shape index (κ1) is 35.5. The Morgan fingerprint density at radius 2 is 1.22 bits per heavy atom. The van der Waals surface area contributed by atoms with E-state index in [0.29, 0.717) is 32.2 Å². The van der Waals surface area contributed by atoms with E-state index in [4.69, 9.17) is 9.97 Å². The number of rotatable bonds is 13. The number of aromatic nitrogens is 4. The monoisotopic (exact) mass is 658 g/mol. The Morgan fingerprint density at radius 3 is 1.73 bits per heavy atom. The van der Waals surface area contributed by atoms with E-state index in [1.807, 2.05) is 18.2 Å². The summed E-state index contributed by atoms with van der Waals surface area (Å²) in [6.45, 7) is 25.8. The van der Waals surface area contributed by atoms with E-state index in [1.165, 1.54) is 0 Å². The number of Topliss-reactive ketones (excluding diaryl/α,β-unsaturated/α-hetero) is 1. The molecule has 0 radical (unpaired) electrons. The quantitative estimate of drug-likeness (QED) is 0.170. The van der Waals surface area contributed by atoms with Crippen LogP contribution in [-0.4, -0.2) is 62.7 Å². The van der Waals surface area contributed by atoms with Crippen LogP contribution in [0.2, 0.25) is 0 Å². The molecule has 0 unspecified atom stereocenters. The number of aromatic amines is 2. The number of hydrogen-bond donors (Lipinski definition) is 3. The fourth-order valence-corrected chi connectivity index (χ4v) is 6.82. The molecule has 0 saturated carbocycles. The van der Waals surface area contributed by atoms with Crippen LogP contribution in [0.25, 0.3) is 56.5 Å². The number of carbonyl (C=O) groups is 2. The Bertz CT molecular complexity index is 2050. The Kier molecular flexibility index (Phi) is 11.0. The molecule has 8 nitrogen and oxygen atoms in total. The second-order valence-corrected chi connectivity index (χ2v) is 13.0. The van der Waals surface area contributed by atoms with Gasteiger partial charge in [0.25, 0.3) is 0 Å². The molecule has 0 aliphatic carbocycles. The predicted molar refractivity (Wildman–Crippen MR) is 206 cm³/mol. The van der Waals surface area contributed by atoms with Gasteiger partial charge in [0.15, 0.2) is 0 Å². The number of aryl methyl sites for hydroxylation is 2. The van der Waals surface area contributed by atoms with Gasteiger partial charge >= 0.3 is 0 Å². The summed E-state index contributed by atoms with van der Waals surface area (Å²) >= 11 is 0. The second-order valence-electron chi connectivity index (χ2n) is 13.0. The number of hydrogen-bond acceptors (Lipinski definition) is 5. The molecular formula is C41H50N6O2. The van der Waals surface area contributed by atoms with Gasteiger partial charge in [-0.2, -0.15) is 0 Å². The fourth-order valence-electron chi connectivity index (χ4n) is 6.82. The highest BCUT2D eigenvalue weighted by atomic mass is 16.1. The molecule has 5 rings (SSSR count). The van der Waals surface area contributed by atoms with Crippen molar-refractivity contribution in [2.24, 2.45) is 0 Å². The molecule has 0 fully saturated rings. The van der Waals surface area contributed by atoms with Gasteiger partial charge in [-0.3, -0.25) is 4.79 Å². The van der Waals surface area contributed by atoms with Crippen LogP contribution in [0.3, 0.4) is 0 Å². The minimum atomic E-state index is 0.0263. The average Bonchev–Trinajstić information content (AvgIpc) is 3.73. The van der Waals surface area contributed by atoms with Crippen molar-refractivity contribution in [3.63, 3.8) is 0 Å². The summed E-state index contributed by atoms with van der Waals surface area (Å²) in [6, 6.07) is 8.33. The van der Waals surface area contributed by atoms with Crippen LogP contribution in [0, 0.1) is 13.8 Å². The van der Waals surface area contributed by atoms with Gasteiger partial charge in [0.05, 0.1) is 22.8 Å². The summed E-state index contributed by atoms with van der Waals surface area (Å²) in [6.07, 6.45) is 5.68. The molecule has 3 aromatic heterocycles. The molecule has 49 heavy (non-hydrogen) atoms. The standard InChI is InChI=1S/C41H50N6O2/c1-10-29-25(6)33-20-34-28(9)32(16-17-41(49)42-18-19-47(12-3)13-4)40(45-34)23-39-31(15-14-24(5)48)27(8)36(46-39)22-38-30(11-2)26(7)35(44-38)21-37(29)43-33/h10-11,20-23,43-44H,1-2,12-19H2,3-9H3,(H,42,49). The summed E-state index contributed by atoms with van der Waals surface area (Å²) in [7, 11) is 0. The zero-order valence-corrected chi connectivity index (χ0v) is 30.2. The highest BCUT2D eigenvalue weighted by Gasteiger charge is 2.22. The van der Waals surface area contributed by atoms with E-state index in [2.05, 4.69) is 93.1 Å². The molecule has 256 valence electrons. The van der Waals surface area contributed by atoms with E-state index in [9.17, 15) is 9.59 Å². The van der Waals surface area contributed by atoms with Crippen molar-refractivity contribution in [2.45, 2.75) is 74.1 Å². The summed E-state index contributed by atoms with van der Waals surface area (Å²) < 4.78 is 0. The van der Waals surface area contributed by atoms with Crippen LogP contribution < -0.4 is 5.32 Å². The van der Waals surface area contributed by atoms with Crippen molar-refractivity contribution >= 4 is 68.2 Å². The lowest BCUT2D eigenvalue weighted by atomic mass is 9.97. The molecule has 1 amide bonds. The van der Waals surface area contributed by atoms with E-state index >= 15 is 0 Å². The third kappa shape index (κ3) is 7.44. The number of allylic oxidation sites excluding steroid dienone is 4. The maximum absolute atomic E-state index is 13.0. The SMILES string of the molecule is C=Cc1c(C)c2cc3[nH]c(cc4nc(cc5nc(cc1[nH]2)C(C)=C5CCC(C)=O)C(CCC(=O)NCCN(CC)CC)=C4C)c(C)c3C=C. The number of fused-ring (bicyclic) bond motifs is 8. The first-order valence-corrected chi connectivity index (χ1v) is 17.4. The Balaban J connectivity index is 1.72. The fraction of sp³-hybridized carbons (Fsp3) is 0.366. The van der Waals surface area contributed by atoms with E-state index < -0.39 is 0 Å². The highest BCUT2D eigenvalue weighted by Crippen LogP contribution is 2.38. The zero-order valence-electron chi connectivity index (χ0n) is 30.2. The molecule has 2 aliphatic heterocycles. The number of nitrogens with one attached hydrogen (secondary N) is 3. The maximum atomic E-state index is 13.0. The third-order valence-corrected chi connectivity index (χ3v) is 10.0. The lowest BCUT2D eigenvalue weighted by molar-refractivity contribution is -0.121. The topological polar surface area (TPSA) is 107 Å². The van der Waals surface area contributed by atoms with Crippen LogP contribution in [-0.2, 0) is 9.59 Å². The summed E-state index contributed by atoms with van der Waals surface area (Å²) in [5, 5.41) is 3.10. The Labute approximate surface area is 290 Å². The molecular weight excluding hydrogens is 608 g/mol. The van der Waals surface area contributed by atoms with Gasteiger partial charge < -0.3 is 25.0 Å². The van der Waals surface area contributed by atoms with Crippen molar-refractivity contribution in [2.75, 3.05) is 26.2 Å². The highest BCUT2D eigenvalue weighted by molar-refractivity contribution is 5.97. The van der Waals surface area contributed by atoms with Crippen molar-refractivity contribution in [3.05, 3.63) is 82.5 Å². The van der Waals surface area contributed by atoms with Crippen molar-refractivity contribution in [3.8, 4) is 0 Å². The lowest BCUT2D eigenvalue weighted by Gasteiger charge is -2.18. The second kappa shape index (κ2) is 15.2. The van der Waals surface area contributed by atoms with Gasteiger partial charge in [0.2, 0.25) is 5.91 Å². The number of nitrogens with zero attached hydrogens (tertiary/aromatic N) is 3. The molecule has 8 bridgehead atoms. The number of likely N-dealkylation sites (N-methyl/N-ethyl adjacent to an activating group) is 1. The molecule has 0 aromatic carbocycles. The Hall–Kier alpha value is -4.82. The molecule has 8 heteroatoms. The van der Waals surface area contributed by atoms with Crippen LogP contribution >= 0.6 is 0 Å². The zero-order chi connectivity index (χ0) is 35.4. The average molecular weight is 659 g/mol. The first-order valence-electron chi connectivity index (χ1n) is 17.4. The smallest absolute Gasteiger partial charge is 0.220 e. The van der Waals surface area contributed by atoms with Crippen molar-refractivity contribution < 1.29 is 9.59 Å². The molecule has 2 aliphatic rings. The summed E-state index contributed by atoms with van der Waals surface area (Å²) in [4.78, 5) is 45.0. The summed E-state index contributed by atoms with van der Waals surface area (Å²) in [5.41, 5.74) is 15.4. The van der Waals surface area contributed by atoms with Gasteiger partial charge in [-0.05, 0) is 118 Å². The largest absolute Gasteiger partial charge is 0.355 e. The van der Waals surface area contributed by atoms with E-state index in [-0.39, 0.29) is 11.7 Å². The molecule has 0 spiro atoms. The Morgan fingerprint density at radius 1 is 0.735 bits per heavy atom. The van der Waals surface area contributed by atoms with Crippen molar-refractivity contribution in [1.29, 1.82) is 0 Å². The normalized spacial score (nSPS) is 13.0. The minimum absolute atomic E-state index is 0.0263. The first-order chi connectivity index (χ1) is 23.5. The summed E-state index contributed by atoms with van der Waals surface area (Å²) in [5.74, 6) is 0.161. The molecule has 3 aromatic rings. The van der Waals surface area contributed by atoms with Gasteiger partial charge in [0, 0.05) is 59.1 Å². The third-order valence-electron chi connectivity index (χ3n) is 10.0. The maximum Gasteiger partial charge on any atom is 0.220 e. The number of amides is 1. The van der Waals surface area contributed by atoms with E-state index in [1.54, 1.807) is 6.92 Å². The predicted octanol–water partition coefficient (Wildman–Crippen LogP) is 8.69. The van der Waals surface area contributed by atoms with Crippen LogP contribution in [0.4, 0.5) is 0 Å². The van der Waals surface area contributed by atoms with Crippen LogP contribution in [0.1, 0.15) is 105 Å². The molecule has 0 saturated heterocycles. The number of H-pyrrole nitrogens is 2.